The summed E-state index contributed by atoms with van der Waals surface area (Å²) in [5, 5.41) is 0. The molecule has 2 saturated heterocycles. The molecule has 92 valence electrons. The van der Waals surface area contributed by atoms with Gasteiger partial charge in [-0.2, -0.15) is 0 Å². The molecule has 4 heteroatoms. The Kier molecular flexibility index (Phi) is 2.55. The van der Waals surface area contributed by atoms with E-state index in [0.29, 0.717) is 26.2 Å². The molecule has 2 rings (SSSR count). The lowest BCUT2D eigenvalue weighted by atomic mass is 9.73. The van der Waals surface area contributed by atoms with Crippen molar-refractivity contribution in [2.45, 2.75) is 45.3 Å². The van der Waals surface area contributed by atoms with Crippen molar-refractivity contribution in [2.24, 2.45) is 5.41 Å². The number of carbonyl (C=O) groups is 1. The van der Waals surface area contributed by atoms with Crippen molar-refractivity contribution >= 4 is 5.97 Å². The van der Waals surface area contributed by atoms with Crippen LogP contribution < -0.4 is 0 Å². The number of ether oxygens (including phenoxy) is 3. The zero-order chi connectivity index (χ0) is 12.0. The summed E-state index contributed by atoms with van der Waals surface area (Å²) in [7, 11) is 0. The molecule has 0 aromatic rings. The second-order valence-electron chi connectivity index (χ2n) is 5.21. The molecule has 0 saturated carbocycles. The van der Waals surface area contributed by atoms with Gasteiger partial charge in [-0.15, -0.1) is 0 Å². The summed E-state index contributed by atoms with van der Waals surface area (Å²) in [5.74, 6) is -0.240. The highest BCUT2D eigenvalue weighted by molar-refractivity contribution is 5.85. The highest BCUT2D eigenvalue weighted by Gasteiger charge is 2.81. The second kappa shape index (κ2) is 3.44. The van der Waals surface area contributed by atoms with Crippen molar-refractivity contribution < 1.29 is 19.0 Å². The summed E-state index contributed by atoms with van der Waals surface area (Å²) in [6.45, 7) is 9.45. The Morgan fingerprint density at radius 3 is 2.44 bits per heavy atom. The summed E-state index contributed by atoms with van der Waals surface area (Å²) < 4.78 is 16.4. The van der Waals surface area contributed by atoms with Crippen molar-refractivity contribution in [2.75, 3.05) is 19.8 Å². The fourth-order valence-electron chi connectivity index (χ4n) is 2.82. The van der Waals surface area contributed by atoms with E-state index in [1.165, 1.54) is 0 Å². The Morgan fingerprint density at radius 1 is 1.31 bits per heavy atom. The molecule has 2 aliphatic heterocycles. The van der Waals surface area contributed by atoms with Gasteiger partial charge in [0.25, 0.3) is 0 Å². The molecule has 4 nitrogen and oxygen atoms in total. The highest BCUT2D eigenvalue weighted by Crippen LogP contribution is 2.63. The molecule has 1 spiro atoms. The van der Waals surface area contributed by atoms with Crippen molar-refractivity contribution in [3.63, 3.8) is 0 Å². The Labute approximate surface area is 96.2 Å². The first-order chi connectivity index (χ1) is 7.46. The minimum Gasteiger partial charge on any atom is -0.464 e. The van der Waals surface area contributed by atoms with E-state index in [1.54, 1.807) is 0 Å². The van der Waals surface area contributed by atoms with Crippen LogP contribution in [-0.2, 0) is 19.0 Å². The van der Waals surface area contributed by atoms with Crippen LogP contribution in [0.2, 0.25) is 0 Å². The summed E-state index contributed by atoms with van der Waals surface area (Å²) in [6.07, 6.45) is 0.638. The van der Waals surface area contributed by atoms with E-state index >= 15 is 0 Å². The van der Waals surface area contributed by atoms with E-state index in [2.05, 4.69) is 13.8 Å². The average molecular weight is 228 g/mol. The molecular formula is C12H20O4. The van der Waals surface area contributed by atoms with Crippen LogP contribution in [-0.4, -0.2) is 37.0 Å². The fraction of sp³-hybridized carbons (Fsp3) is 0.917. The molecule has 2 heterocycles. The number of rotatable bonds is 3. The van der Waals surface area contributed by atoms with Gasteiger partial charge in [-0.1, -0.05) is 20.8 Å². The molecule has 0 N–H and O–H groups in total. The third kappa shape index (κ3) is 1.20. The fourth-order valence-corrected chi connectivity index (χ4v) is 2.82. The lowest BCUT2D eigenvalue weighted by Gasteiger charge is -2.24. The van der Waals surface area contributed by atoms with Gasteiger partial charge in [0, 0.05) is 5.41 Å². The van der Waals surface area contributed by atoms with Crippen LogP contribution in [0.15, 0.2) is 0 Å². The van der Waals surface area contributed by atoms with Gasteiger partial charge in [0.2, 0.25) is 0 Å². The average Bonchev–Trinajstić information content (AvgIpc) is 2.80. The first-order valence-electron chi connectivity index (χ1n) is 5.91. The van der Waals surface area contributed by atoms with Gasteiger partial charge < -0.3 is 14.2 Å². The molecule has 2 fully saturated rings. The van der Waals surface area contributed by atoms with Crippen LogP contribution in [0, 0.1) is 5.41 Å². The second-order valence-corrected chi connectivity index (χ2v) is 5.21. The maximum atomic E-state index is 12.0. The Morgan fingerprint density at radius 2 is 2.00 bits per heavy atom. The third-order valence-electron chi connectivity index (χ3n) is 3.92. The molecule has 0 radical (unpaired) electrons. The van der Waals surface area contributed by atoms with Crippen molar-refractivity contribution in [1.29, 1.82) is 0 Å². The van der Waals surface area contributed by atoms with E-state index in [0.717, 1.165) is 0 Å². The third-order valence-corrected chi connectivity index (χ3v) is 3.92. The Bertz CT molecular complexity index is 312. The minimum absolute atomic E-state index is 0.129. The molecule has 0 aromatic heterocycles. The van der Waals surface area contributed by atoms with Gasteiger partial charge >= 0.3 is 5.97 Å². The zero-order valence-electron chi connectivity index (χ0n) is 10.5. The van der Waals surface area contributed by atoms with Gasteiger partial charge in [-0.05, 0) is 13.3 Å². The minimum atomic E-state index is -0.775. The molecule has 0 aromatic carbocycles. The Hall–Kier alpha value is -0.610. The SMILES string of the molecule is CCOC(=O)C1(CC)OC12COCC2(C)C. The van der Waals surface area contributed by atoms with E-state index in [1.807, 2.05) is 13.8 Å². The predicted molar refractivity (Wildman–Crippen MR) is 58.1 cm³/mol. The largest absolute Gasteiger partial charge is 0.464 e. The molecular weight excluding hydrogens is 208 g/mol. The van der Waals surface area contributed by atoms with Crippen LogP contribution in [0.3, 0.4) is 0 Å². The normalized spacial score (nSPS) is 40.0. The quantitative estimate of drug-likeness (QED) is 0.543. The van der Waals surface area contributed by atoms with Crippen LogP contribution >= 0.6 is 0 Å². The number of esters is 1. The Balaban J connectivity index is 2.25. The van der Waals surface area contributed by atoms with E-state index in [-0.39, 0.29) is 11.4 Å². The van der Waals surface area contributed by atoms with Crippen molar-refractivity contribution in [3.05, 3.63) is 0 Å². The number of epoxide rings is 1. The lowest BCUT2D eigenvalue weighted by Crippen LogP contribution is -2.43. The van der Waals surface area contributed by atoms with Crippen molar-refractivity contribution in [1.82, 2.24) is 0 Å². The van der Waals surface area contributed by atoms with Crippen LogP contribution in [0.25, 0.3) is 0 Å². The molecule has 2 atom stereocenters. The molecule has 0 amide bonds. The maximum absolute atomic E-state index is 12.0. The van der Waals surface area contributed by atoms with Gasteiger partial charge in [0.05, 0.1) is 19.8 Å². The maximum Gasteiger partial charge on any atom is 0.341 e. The predicted octanol–water partition coefficient (Wildman–Crippen LogP) is 1.52. The molecule has 0 bridgehead atoms. The number of carbonyl (C=O) groups excluding carboxylic acids is 1. The van der Waals surface area contributed by atoms with Crippen molar-refractivity contribution in [3.8, 4) is 0 Å². The topological polar surface area (TPSA) is 48.1 Å². The van der Waals surface area contributed by atoms with Crippen LogP contribution in [0.1, 0.15) is 34.1 Å². The standard InChI is InChI=1S/C12H20O4/c1-5-11(9(13)15-6-2)12(16-11)8-14-7-10(12,3)4/h5-8H2,1-4H3. The number of hydrogen-bond acceptors (Lipinski definition) is 4. The van der Waals surface area contributed by atoms with Gasteiger partial charge in [-0.25, -0.2) is 4.79 Å². The van der Waals surface area contributed by atoms with Gasteiger partial charge in [-0.3, -0.25) is 0 Å². The molecule has 2 aliphatic rings. The summed E-state index contributed by atoms with van der Waals surface area (Å²) >= 11 is 0. The van der Waals surface area contributed by atoms with Crippen LogP contribution in [0.4, 0.5) is 0 Å². The van der Waals surface area contributed by atoms with E-state index < -0.39 is 11.2 Å². The van der Waals surface area contributed by atoms with E-state index in [9.17, 15) is 4.79 Å². The zero-order valence-corrected chi connectivity index (χ0v) is 10.5. The van der Waals surface area contributed by atoms with Gasteiger partial charge in [0.1, 0.15) is 5.60 Å². The van der Waals surface area contributed by atoms with Crippen LogP contribution in [0.5, 0.6) is 0 Å². The lowest BCUT2D eigenvalue weighted by molar-refractivity contribution is -0.149. The first-order valence-corrected chi connectivity index (χ1v) is 5.91. The summed E-state index contributed by atoms with van der Waals surface area (Å²) in [4.78, 5) is 12.0. The molecule has 2 unspecified atom stereocenters. The monoisotopic (exact) mass is 228 g/mol. The smallest absolute Gasteiger partial charge is 0.341 e. The summed E-state index contributed by atoms with van der Waals surface area (Å²) in [5.41, 5.74) is -1.38. The summed E-state index contributed by atoms with van der Waals surface area (Å²) in [6, 6.07) is 0. The molecule has 0 aliphatic carbocycles. The highest BCUT2D eigenvalue weighted by atomic mass is 16.7. The van der Waals surface area contributed by atoms with Gasteiger partial charge in [0.15, 0.2) is 5.60 Å². The first kappa shape index (κ1) is 11.9. The van der Waals surface area contributed by atoms with E-state index in [4.69, 9.17) is 14.2 Å². The molecule has 16 heavy (non-hydrogen) atoms. The number of hydrogen-bond donors (Lipinski definition) is 0.